The first-order chi connectivity index (χ1) is 13.2. The molecule has 1 atom stereocenters. The first-order valence-corrected chi connectivity index (χ1v) is 9.17. The van der Waals surface area contributed by atoms with E-state index in [0.29, 0.717) is 17.9 Å². The second-order valence-corrected chi connectivity index (χ2v) is 6.66. The molecule has 2 aromatic heterocycles. The van der Waals surface area contributed by atoms with E-state index in [2.05, 4.69) is 44.5 Å². The highest BCUT2D eigenvalue weighted by molar-refractivity contribution is 5.88. The molecule has 27 heavy (non-hydrogen) atoms. The number of nitrogens with one attached hydrogen (secondary N) is 1. The fourth-order valence-corrected chi connectivity index (χ4v) is 3.15. The normalized spacial score (nSPS) is 15.7. The number of fused-ring (bicyclic) bond motifs is 1. The lowest BCUT2D eigenvalue weighted by molar-refractivity contribution is 0.122. The number of nitrogens with zero attached hydrogens (tertiary/aromatic N) is 4. The van der Waals surface area contributed by atoms with Crippen LogP contribution >= 0.6 is 0 Å². The summed E-state index contributed by atoms with van der Waals surface area (Å²) in [6.07, 6.45) is 2.84. The summed E-state index contributed by atoms with van der Waals surface area (Å²) in [5, 5.41) is 12.8. The summed E-state index contributed by atoms with van der Waals surface area (Å²) in [6, 6.07) is 10.3. The standard InChI is InChI=1S/C20H23N5O2/c1-14(26)13-23-20-19-18(21-6-7-22-19)12-17(24-20)15-2-4-16(5-3-15)25-8-10-27-11-9-25/h2-7,12,14,26H,8-11,13H2,1H3,(H,23,24). The average Bonchev–Trinajstić information content (AvgIpc) is 2.72. The van der Waals surface area contributed by atoms with Gasteiger partial charge in [-0.25, -0.2) is 9.97 Å². The molecular weight excluding hydrogens is 342 g/mol. The molecule has 0 saturated carbocycles. The van der Waals surface area contributed by atoms with Gasteiger partial charge in [-0.1, -0.05) is 12.1 Å². The molecule has 7 heteroatoms. The van der Waals surface area contributed by atoms with Crippen molar-refractivity contribution < 1.29 is 9.84 Å². The van der Waals surface area contributed by atoms with Crippen LogP contribution in [0.5, 0.6) is 0 Å². The zero-order valence-corrected chi connectivity index (χ0v) is 15.3. The predicted octanol–water partition coefficient (Wildman–Crippen LogP) is 2.32. The molecule has 1 aliphatic heterocycles. The van der Waals surface area contributed by atoms with Crippen LogP contribution in [0.25, 0.3) is 22.3 Å². The summed E-state index contributed by atoms with van der Waals surface area (Å²) in [5.41, 5.74) is 4.50. The summed E-state index contributed by atoms with van der Waals surface area (Å²) in [4.78, 5) is 15.8. The van der Waals surface area contributed by atoms with E-state index in [1.807, 2.05) is 6.07 Å². The summed E-state index contributed by atoms with van der Waals surface area (Å²) >= 11 is 0. The molecule has 1 fully saturated rings. The van der Waals surface area contributed by atoms with Gasteiger partial charge in [-0.2, -0.15) is 0 Å². The minimum absolute atomic E-state index is 0.401. The number of hydrogen-bond donors (Lipinski definition) is 2. The molecule has 0 amide bonds. The van der Waals surface area contributed by atoms with Crippen LogP contribution in [0.1, 0.15) is 6.92 Å². The molecule has 3 aromatic rings. The van der Waals surface area contributed by atoms with Crippen LogP contribution in [0, 0.1) is 0 Å². The van der Waals surface area contributed by atoms with Crippen molar-refractivity contribution in [2.24, 2.45) is 0 Å². The van der Waals surface area contributed by atoms with Gasteiger partial charge in [0.2, 0.25) is 0 Å². The van der Waals surface area contributed by atoms with Crippen molar-refractivity contribution in [3.8, 4) is 11.3 Å². The topological polar surface area (TPSA) is 83.4 Å². The van der Waals surface area contributed by atoms with Crippen LogP contribution in [0.15, 0.2) is 42.7 Å². The highest BCUT2D eigenvalue weighted by Gasteiger charge is 2.13. The van der Waals surface area contributed by atoms with Crippen LogP contribution in [0.4, 0.5) is 11.5 Å². The molecule has 1 unspecified atom stereocenters. The first-order valence-electron chi connectivity index (χ1n) is 9.17. The molecule has 1 aromatic carbocycles. The Kier molecular flexibility index (Phi) is 5.13. The van der Waals surface area contributed by atoms with Crippen molar-refractivity contribution in [3.63, 3.8) is 0 Å². The minimum Gasteiger partial charge on any atom is -0.392 e. The molecule has 140 valence electrons. The SMILES string of the molecule is CC(O)CNc1nc(-c2ccc(N3CCOCC3)cc2)cc2nccnc12. The number of hydrogen-bond acceptors (Lipinski definition) is 7. The Morgan fingerprint density at radius 3 is 2.63 bits per heavy atom. The monoisotopic (exact) mass is 365 g/mol. The Labute approximate surface area is 158 Å². The van der Waals surface area contributed by atoms with E-state index in [-0.39, 0.29) is 0 Å². The molecule has 3 heterocycles. The van der Waals surface area contributed by atoms with E-state index in [9.17, 15) is 5.11 Å². The predicted molar refractivity (Wildman–Crippen MR) is 106 cm³/mol. The van der Waals surface area contributed by atoms with E-state index in [0.717, 1.165) is 43.1 Å². The second kappa shape index (κ2) is 7.85. The second-order valence-electron chi connectivity index (χ2n) is 6.66. The molecule has 4 rings (SSSR count). The summed E-state index contributed by atoms with van der Waals surface area (Å²) < 4.78 is 5.42. The molecule has 0 bridgehead atoms. The van der Waals surface area contributed by atoms with Crippen LogP contribution < -0.4 is 10.2 Å². The molecule has 0 spiro atoms. The highest BCUT2D eigenvalue weighted by atomic mass is 16.5. The molecule has 1 saturated heterocycles. The number of aromatic nitrogens is 3. The molecular formula is C20H23N5O2. The third kappa shape index (κ3) is 3.99. The zero-order chi connectivity index (χ0) is 18.6. The Morgan fingerprint density at radius 1 is 1.15 bits per heavy atom. The Morgan fingerprint density at radius 2 is 1.89 bits per heavy atom. The lowest BCUT2D eigenvalue weighted by Gasteiger charge is -2.28. The van der Waals surface area contributed by atoms with Crippen LogP contribution in [0.3, 0.4) is 0 Å². The maximum atomic E-state index is 9.59. The van der Waals surface area contributed by atoms with E-state index in [1.165, 1.54) is 5.69 Å². The van der Waals surface area contributed by atoms with Gasteiger partial charge in [0.15, 0.2) is 5.82 Å². The van der Waals surface area contributed by atoms with Crippen molar-refractivity contribution in [2.45, 2.75) is 13.0 Å². The lowest BCUT2D eigenvalue weighted by Crippen LogP contribution is -2.36. The molecule has 0 radical (unpaired) electrons. The number of anilines is 2. The number of morpholine rings is 1. The smallest absolute Gasteiger partial charge is 0.154 e. The van der Waals surface area contributed by atoms with Gasteiger partial charge in [0, 0.05) is 43.3 Å². The van der Waals surface area contributed by atoms with E-state index >= 15 is 0 Å². The van der Waals surface area contributed by atoms with Gasteiger partial charge in [-0.15, -0.1) is 0 Å². The molecule has 2 N–H and O–H groups in total. The van der Waals surface area contributed by atoms with Crippen LogP contribution in [-0.4, -0.2) is 59.0 Å². The number of aliphatic hydroxyl groups excluding tert-OH is 1. The van der Waals surface area contributed by atoms with Crippen molar-refractivity contribution in [1.82, 2.24) is 15.0 Å². The van der Waals surface area contributed by atoms with Gasteiger partial charge in [0.05, 0.1) is 30.5 Å². The lowest BCUT2D eigenvalue weighted by atomic mass is 10.1. The van der Waals surface area contributed by atoms with Crippen LogP contribution in [0.2, 0.25) is 0 Å². The number of aliphatic hydroxyl groups is 1. The summed E-state index contributed by atoms with van der Waals surface area (Å²) in [6.45, 7) is 5.50. The molecule has 1 aliphatic rings. The van der Waals surface area contributed by atoms with Gasteiger partial charge >= 0.3 is 0 Å². The number of pyridine rings is 1. The number of rotatable bonds is 5. The third-order valence-corrected chi connectivity index (χ3v) is 4.56. The summed E-state index contributed by atoms with van der Waals surface area (Å²) in [7, 11) is 0. The molecule has 7 nitrogen and oxygen atoms in total. The van der Waals surface area contributed by atoms with Gasteiger partial charge in [0.25, 0.3) is 0 Å². The van der Waals surface area contributed by atoms with Gasteiger partial charge in [-0.3, -0.25) is 4.98 Å². The fourth-order valence-electron chi connectivity index (χ4n) is 3.15. The van der Waals surface area contributed by atoms with E-state index < -0.39 is 6.10 Å². The van der Waals surface area contributed by atoms with Crippen molar-refractivity contribution >= 4 is 22.5 Å². The Bertz CT molecular complexity index is 908. The van der Waals surface area contributed by atoms with Gasteiger partial charge < -0.3 is 20.1 Å². The van der Waals surface area contributed by atoms with Gasteiger partial charge in [0.1, 0.15) is 5.52 Å². The quantitative estimate of drug-likeness (QED) is 0.718. The molecule has 0 aliphatic carbocycles. The Hall–Kier alpha value is -2.77. The van der Waals surface area contributed by atoms with Crippen molar-refractivity contribution in [1.29, 1.82) is 0 Å². The zero-order valence-electron chi connectivity index (χ0n) is 15.3. The number of ether oxygens (including phenoxy) is 1. The van der Waals surface area contributed by atoms with E-state index in [4.69, 9.17) is 9.72 Å². The third-order valence-electron chi connectivity index (χ3n) is 4.56. The minimum atomic E-state index is -0.477. The Balaban J connectivity index is 1.66. The number of benzene rings is 1. The maximum absolute atomic E-state index is 9.59. The van der Waals surface area contributed by atoms with E-state index in [1.54, 1.807) is 19.3 Å². The van der Waals surface area contributed by atoms with Crippen molar-refractivity contribution in [2.75, 3.05) is 43.1 Å². The maximum Gasteiger partial charge on any atom is 0.154 e. The van der Waals surface area contributed by atoms with Crippen LogP contribution in [-0.2, 0) is 4.74 Å². The van der Waals surface area contributed by atoms with Crippen molar-refractivity contribution in [3.05, 3.63) is 42.7 Å². The average molecular weight is 365 g/mol. The highest BCUT2D eigenvalue weighted by Crippen LogP contribution is 2.27. The fraction of sp³-hybridized carbons (Fsp3) is 0.350. The van der Waals surface area contributed by atoms with Gasteiger partial charge in [-0.05, 0) is 25.1 Å². The largest absolute Gasteiger partial charge is 0.392 e. The first kappa shape index (κ1) is 17.6. The summed E-state index contributed by atoms with van der Waals surface area (Å²) in [5.74, 6) is 0.633.